The van der Waals surface area contributed by atoms with Crippen molar-refractivity contribution in [2.45, 2.75) is 30.2 Å². The molecule has 1 aromatic rings. The average molecular weight is 438 g/mol. The van der Waals surface area contributed by atoms with E-state index in [9.17, 15) is 18.0 Å². The fourth-order valence-electron chi connectivity index (χ4n) is 4.38. The summed E-state index contributed by atoms with van der Waals surface area (Å²) < 4.78 is 37.8. The van der Waals surface area contributed by atoms with E-state index in [-0.39, 0.29) is 53.9 Å². The molecule has 0 N–H and O–H groups in total. The molecular weight excluding hydrogens is 410 g/mol. The molecule has 3 saturated heterocycles. The fraction of sp³-hybridized carbons (Fsp3) is 0.600. The number of nitrogens with zero attached hydrogens (tertiary/aromatic N) is 3. The predicted molar refractivity (Wildman–Crippen MR) is 108 cm³/mol. The zero-order valence-corrected chi connectivity index (χ0v) is 18.1. The number of rotatable bonds is 6. The van der Waals surface area contributed by atoms with Gasteiger partial charge in [0.15, 0.2) is 0 Å². The van der Waals surface area contributed by atoms with Gasteiger partial charge in [-0.25, -0.2) is 8.42 Å². The van der Waals surface area contributed by atoms with Gasteiger partial charge in [0.05, 0.1) is 26.2 Å². The molecule has 3 heterocycles. The molecule has 4 rings (SSSR count). The summed E-state index contributed by atoms with van der Waals surface area (Å²) >= 11 is 0. The zero-order valence-electron chi connectivity index (χ0n) is 17.2. The van der Waals surface area contributed by atoms with Crippen LogP contribution in [0.1, 0.15) is 19.3 Å². The van der Waals surface area contributed by atoms with E-state index in [0.29, 0.717) is 12.3 Å². The van der Waals surface area contributed by atoms with E-state index in [0.717, 1.165) is 25.9 Å². The lowest BCUT2D eigenvalue weighted by Crippen LogP contribution is -2.61. The van der Waals surface area contributed by atoms with E-state index >= 15 is 0 Å². The summed E-state index contributed by atoms with van der Waals surface area (Å²) in [5, 5.41) is 0. The standard InChI is InChI=1S/C20H27N3O6S/c1-28-16-5-6-17(29-2)18(10-16)30(26,27)22-12-15(13-22)23-11-14(9-19(23)24)20(25)21-7-3-4-8-21/h5-6,10,14-15H,3-4,7-9,11-13H2,1-2H3. The lowest BCUT2D eigenvalue weighted by atomic mass is 10.1. The van der Waals surface area contributed by atoms with Gasteiger partial charge in [-0.3, -0.25) is 9.59 Å². The van der Waals surface area contributed by atoms with Crippen molar-refractivity contribution in [3.63, 3.8) is 0 Å². The number of sulfonamides is 1. The highest BCUT2D eigenvalue weighted by Crippen LogP contribution is 2.34. The monoisotopic (exact) mass is 437 g/mol. The van der Waals surface area contributed by atoms with Gasteiger partial charge in [0.25, 0.3) is 0 Å². The first-order chi connectivity index (χ1) is 14.3. The highest BCUT2D eigenvalue weighted by atomic mass is 32.2. The Kier molecular flexibility index (Phi) is 5.63. The van der Waals surface area contributed by atoms with Crippen molar-refractivity contribution < 1.29 is 27.5 Å². The first-order valence-corrected chi connectivity index (χ1v) is 11.6. The quantitative estimate of drug-likeness (QED) is 0.645. The second kappa shape index (κ2) is 8.07. The molecule has 10 heteroatoms. The molecule has 30 heavy (non-hydrogen) atoms. The number of likely N-dealkylation sites (tertiary alicyclic amines) is 2. The van der Waals surface area contributed by atoms with Crippen LogP contribution in [0.4, 0.5) is 0 Å². The van der Waals surface area contributed by atoms with Gasteiger partial charge in [-0.1, -0.05) is 0 Å². The van der Waals surface area contributed by atoms with Crippen LogP contribution in [0.15, 0.2) is 23.1 Å². The number of hydrogen-bond acceptors (Lipinski definition) is 6. The molecule has 0 saturated carbocycles. The van der Waals surface area contributed by atoms with Crippen molar-refractivity contribution in [2.75, 3.05) is 46.9 Å². The van der Waals surface area contributed by atoms with Crippen LogP contribution >= 0.6 is 0 Å². The van der Waals surface area contributed by atoms with Gasteiger partial charge in [0, 0.05) is 45.2 Å². The number of ether oxygens (including phenoxy) is 2. The van der Waals surface area contributed by atoms with Crippen LogP contribution in [0.2, 0.25) is 0 Å². The van der Waals surface area contributed by atoms with Crippen molar-refractivity contribution in [1.82, 2.24) is 14.1 Å². The number of carbonyl (C=O) groups excluding carboxylic acids is 2. The van der Waals surface area contributed by atoms with Crippen molar-refractivity contribution in [3.05, 3.63) is 18.2 Å². The maximum absolute atomic E-state index is 13.1. The Hall–Kier alpha value is -2.33. The Bertz CT molecular complexity index is 938. The average Bonchev–Trinajstić information content (AvgIpc) is 3.36. The first-order valence-electron chi connectivity index (χ1n) is 10.2. The highest BCUT2D eigenvalue weighted by Gasteiger charge is 2.47. The summed E-state index contributed by atoms with van der Waals surface area (Å²) in [6, 6.07) is 4.42. The van der Waals surface area contributed by atoms with Crippen molar-refractivity contribution >= 4 is 21.8 Å². The zero-order chi connectivity index (χ0) is 21.5. The second-order valence-electron chi connectivity index (χ2n) is 7.97. The van der Waals surface area contributed by atoms with Crippen LogP contribution in [0, 0.1) is 5.92 Å². The topological polar surface area (TPSA) is 96.5 Å². The lowest BCUT2D eigenvalue weighted by Gasteiger charge is -2.43. The minimum Gasteiger partial charge on any atom is -0.497 e. The van der Waals surface area contributed by atoms with Gasteiger partial charge in [0.2, 0.25) is 21.8 Å². The Morgan fingerprint density at radius 2 is 1.77 bits per heavy atom. The summed E-state index contributed by atoms with van der Waals surface area (Å²) in [6.45, 7) is 2.32. The van der Waals surface area contributed by atoms with Crippen LogP contribution < -0.4 is 9.47 Å². The summed E-state index contributed by atoms with van der Waals surface area (Å²) in [5.74, 6) is 0.318. The molecule has 0 radical (unpaired) electrons. The number of hydrogen-bond donors (Lipinski definition) is 0. The SMILES string of the molecule is COc1ccc(OC)c(S(=O)(=O)N2CC(N3CC(C(=O)N4CCCC4)CC3=O)C2)c1. The van der Waals surface area contributed by atoms with E-state index < -0.39 is 10.0 Å². The summed E-state index contributed by atoms with van der Waals surface area (Å²) in [4.78, 5) is 28.7. The molecule has 1 atom stereocenters. The number of methoxy groups -OCH3 is 2. The van der Waals surface area contributed by atoms with Gasteiger partial charge < -0.3 is 19.3 Å². The first kappa shape index (κ1) is 20.9. The van der Waals surface area contributed by atoms with E-state index in [4.69, 9.17) is 9.47 Å². The van der Waals surface area contributed by atoms with Crippen molar-refractivity contribution in [3.8, 4) is 11.5 Å². The van der Waals surface area contributed by atoms with Crippen LogP contribution in [0.25, 0.3) is 0 Å². The lowest BCUT2D eigenvalue weighted by molar-refractivity contribution is -0.135. The number of carbonyl (C=O) groups is 2. The van der Waals surface area contributed by atoms with Gasteiger partial charge in [0.1, 0.15) is 16.4 Å². The van der Waals surface area contributed by atoms with Crippen LogP contribution in [0.3, 0.4) is 0 Å². The third-order valence-corrected chi connectivity index (χ3v) is 8.04. The summed E-state index contributed by atoms with van der Waals surface area (Å²) in [5.41, 5.74) is 0. The Morgan fingerprint density at radius 1 is 1.07 bits per heavy atom. The smallest absolute Gasteiger partial charge is 0.247 e. The second-order valence-corrected chi connectivity index (χ2v) is 9.88. The van der Waals surface area contributed by atoms with Crippen molar-refractivity contribution in [2.24, 2.45) is 5.92 Å². The third-order valence-electron chi connectivity index (χ3n) is 6.18. The molecule has 0 aliphatic carbocycles. The number of benzene rings is 1. The maximum Gasteiger partial charge on any atom is 0.247 e. The Morgan fingerprint density at radius 3 is 2.40 bits per heavy atom. The third kappa shape index (κ3) is 3.62. The van der Waals surface area contributed by atoms with Crippen molar-refractivity contribution in [1.29, 1.82) is 0 Å². The van der Waals surface area contributed by atoms with E-state index in [1.54, 1.807) is 17.0 Å². The molecule has 9 nitrogen and oxygen atoms in total. The predicted octanol–water partition coefficient (Wildman–Crippen LogP) is 0.548. The van der Waals surface area contributed by atoms with Gasteiger partial charge in [-0.05, 0) is 25.0 Å². The largest absolute Gasteiger partial charge is 0.497 e. The van der Waals surface area contributed by atoms with E-state index in [1.165, 1.54) is 24.6 Å². The molecule has 0 bridgehead atoms. The molecule has 3 aliphatic rings. The molecule has 1 aromatic carbocycles. The van der Waals surface area contributed by atoms with Gasteiger partial charge >= 0.3 is 0 Å². The van der Waals surface area contributed by atoms with E-state index in [2.05, 4.69) is 0 Å². The van der Waals surface area contributed by atoms with Gasteiger partial charge in [-0.15, -0.1) is 0 Å². The van der Waals surface area contributed by atoms with Crippen LogP contribution in [-0.2, 0) is 19.6 Å². The normalized spacial score (nSPS) is 23.0. The molecule has 164 valence electrons. The molecule has 3 aliphatic heterocycles. The minimum absolute atomic E-state index is 0.0395. The van der Waals surface area contributed by atoms with Gasteiger partial charge in [-0.2, -0.15) is 4.31 Å². The molecule has 0 aromatic heterocycles. The maximum atomic E-state index is 13.1. The summed E-state index contributed by atoms with van der Waals surface area (Å²) in [7, 11) is -0.899. The van der Waals surface area contributed by atoms with Crippen LogP contribution in [-0.4, -0.2) is 87.3 Å². The minimum atomic E-state index is -3.79. The highest BCUT2D eigenvalue weighted by molar-refractivity contribution is 7.89. The fourth-order valence-corrected chi connectivity index (χ4v) is 6.07. The molecule has 3 fully saturated rings. The molecule has 0 spiro atoms. The molecule has 2 amide bonds. The number of amides is 2. The Balaban J connectivity index is 1.42. The molecular formula is C20H27N3O6S. The van der Waals surface area contributed by atoms with E-state index in [1.807, 2.05) is 4.90 Å². The molecule has 1 unspecified atom stereocenters. The Labute approximate surface area is 176 Å². The van der Waals surface area contributed by atoms with Crippen LogP contribution in [0.5, 0.6) is 11.5 Å². The summed E-state index contributed by atoms with van der Waals surface area (Å²) in [6.07, 6.45) is 2.24.